The van der Waals surface area contributed by atoms with Gasteiger partial charge in [0.25, 0.3) is 0 Å². The molecule has 2 heterocycles. The predicted molar refractivity (Wildman–Crippen MR) is 127 cm³/mol. The lowest BCUT2D eigenvalue weighted by atomic mass is 9.74. The van der Waals surface area contributed by atoms with E-state index in [9.17, 15) is 0 Å². The quantitative estimate of drug-likeness (QED) is 0.331. The summed E-state index contributed by atoms with van der Waals surface area (Å²) in [4.78, 5) is 4.92. The monoisotopic (exact) mass is 516 g/mol. The highest BCUT2D eigenvalue weighted by atomic mass is 127. The lowest BCUT2D eigenvalue weighted by molar-refractivity contribution is 0.0531. The Kier molecular flexibility index (Phi) is 9.61. The molecule has 0 radical (unpaired) electrons. The minimum atomic E-state index is -0.0701. The average molecular weight is 517 g/mol. The fourth-order valence-electron chi connectivity index (χ4n) is 3.56. The number of halogens is 2. The molecule has 1 aromatic heterocycles. The Morgan fingerprint density at radius 1 is 1.14 bits per heavy atom. The average Bonchev–Trinajstić information content (AvgIpc) is 3.21. The second-order valence-corrected chi connectivity index (χ2v) is 7.32. The molecule has 1 aliphatic rings. The van der Waals surface area contributed by atoms with Gasteiger partial charge in [-0.3, -0.25) is 4.99 Å². The van der Waals surface area contributed by atoms with Crippen LogP contribution in [0.1, 0.15) is 25.3 Å². The molecule has 0 saturated carbocycles. The van der Waals surface area contributed by atoms with E-state index < -0.39 is 0 Å². The van der Waals surface area contributed by atoms with Crippen molar-refractivity contribution in [3.05, 3.63) is 59.4 Å². The first kappa shape index (κ1) is 23.0. The van der Waals surface area contributed by atoms with Crippen molar-refractivity contribution in [2.45, 2.75) is 31.7 Å². The second kappa shape index (κ2) is 11.7. The number of benzene rings is 1. The summed E-state index contributed by atoms with van der Waals surface area (Å²) in [5.41, 5.74) is 1.11. The summed E-state index contributed by atoms with van der Waals surface area (Å²) >= 11 is 6.54. The summed E-state index contributed by atoms with van der Waals surface area (Å²) in [5, 5.41) is 7.61. The second-order valence-electron chi connectivity index (χ2n) is 6.92. The first-order valence-corrected chi connectivity index (χ1v) is 10.1. The summed E-state index contributed by atoms with van der Waals surface area (Å²) in [6.45, 7) is 6.83. The van der Waals surface area contributed by atoms with Crippen molar-refractivity contribution in [2.24, 2.45) is 4.99 Å². The van der Waals surface area contributed by atoms with Gasteiger partial charge in [0.15, 0.2) is 5.96 Å². The van der Waals surface area contributed by atoms with Crippen LogP contribution in [0.5, 0.6) is 0 Å². The maximum atomic E-state index is 6.54. The first-order chi connectivity index (χ1) is 13.2. The van der Waals surface area contributed by atoms with Crippen molar-refractivity contribution in [2.75, 3.05) is 32.8 Å². The van der Waals surface area contributed by atoms with Gasteiger partial charge in [-0.25, -0.2) is 0 Å². The smallest absolute Gasteiger partial charge is 0.191 e. The van der Waals surface area contributed by atoms with Crippen LogP contribution < -0.4 is 10.6 Å². The Bertz CT molecular complexity index is 730. The van der Waals surface area contributed by atoms with E-state index in [0.717, 1.165) is 56.7 Å². The Morgan fingerprint density at radius 2 is 1.86 bits per heavy atom. The van der Waals surface area contributed by atoms with Gasteiger partial charge in [0, 0.05) is 55.7 Å². The highest BCUT2D eigenvalue weighted by Gasteiger charge is 2.36. The van der Waals surface area contributed by atoms with Gasteiger partial charge in [-0.2, -0.15) is 0 Å². The SMILES string of the molecule is CCNC(=NCC1(c2ccccc2Cl)CCOCC1)NCCn1cccc1.I. The Labute approximate surface area is 189 Å². The summed E-state index contributed by atoms with van der Waals surface area (Å²) in [6.07, 6.45) is 6.01. The van der Waals surface area contributed by atoms with Gasteiger partial charge in [-0.05, 0) is 43.5 Å². The maximum absolute atomic E-state index is 6.54. The molecule has 2 aromatic rings. The molecular formula is C21H30ClIN4O. The van der Waals surface area contributed by atoms with E-state index in [2.05, 4.69) is 46.7 Å². The van der Waals surface area contributed by atoms with E-state index in [1.165, 1.54) is 5.56 Å². The van der Waals surface area contributed by atoms with Crippen molar-refractivity contribution >= 4 is 41.5 Å². The highest BCUT2D eigenvalue weighted by molar-refractivity contribution is 14.0. The molecule has 2 N–H and O–H groups in total. The molecule has 5 nitrogen and oxygen atoms in total. The van der Waals surface area contributed by atoms with Gasteiger partial charge in [0.2, 0.25) is 0 Å². The van der Waals surface area contributed by atoms with Gasteiger partial charge in [-0.15, -0.1) is 24.0 Å². The minimum absolute atomic E-state index is 0. The molecule has 7 heteroatoms. The third-order valence-electron chi connectivity index (χ3n) is 5.11. The van der Waals surface area contributed by atoms with E-state index in [1.807, 2.05) is 24.3 Å². The van der Waals surface area contributed by atoms with Crippen molar-refractivity contribution in [1.82, 2.24) is 15.2 Å². The van der Waals surface area contributed by atoms with E-state index in [1.54, 1.807) is 0 Å². The van der Waals surface area contributed by atoms with Crippen molar-refractivity contribution in [1.29, 1.82) is 0 Å². The van der Waals surface area contributed by atoms with E-state index in [-0.39, 0.29) is 29.4 Å². The van der Waals surface area contributed by atoms with E-state index in [4.69, 9.17) is 21.3 Å². The van der Waals surface area contributed by atoms with Gasteiger partial charge in [0.05, 0.1) is 6.54 Å². The fraction of sp³-hybridized carbons (Fsp3) is 0.476. The van der Waals surface area contributed by atoms with Crippen LogP contribution in [0, 0.1) is 0 Å². The first-order valence-electron chi connectivity index (χ1n) is 9.69. The normalized spacial score (nSPS) is 16.3. The molecule has 0 amide bonds. The number of hydrogen-bond donors (Lipinski definition) is 2. The van der Waals surface area contributed by atoms with Crippen molar-refractivity contribution in [3.8, 4) is 0 Å². The van der Waals surface area contributed by atoms with Gasteiger partial charge in [0.1, 0.15) is 0 Å². The minimum Gasteiger partial charge on any atom is -0.381 e. The molecule has 1 fully saturated rings. The standard InChI is InChI=1S/C21H29ClN4O.HI/c1-2-23-20(24-11-14-26-12-5-6-13-26)25-17-21(9-15-27-16-10-21)18-7-3-4-8-19(18)22;/h3-8,12-13H,2,9-11,14-17H2,1H3,(H2,23,24,25);1H. The van der Waals surface area contributed by atoms with Crippen LogP contribution in [0.4, 0.5) is 0 Å². The summed E-state index contributed by atoms with van der Waals surface area (Å²) in [5.74, 6) is 0.850. The van der Waals surface area contributed by atoms with Crippen LogP contribution in [-0.4, -0.2) is 43.4 Å². The van der Waals surface area contributed by atoms with Crippen LogP contribution in [-0.2, 0) is 16.7 Å². The lowest BCUT2D eigenvalue weighted by Gasteiger charge is -2.37. The molecule has 3 rings (SSSR count). The fourth-order valence-corrected chi connectivity index (χ4v) is 3.90. The number of hydrogen-bond acceptors (Lipinski definition) is 2. The third-order valence-corrected chi connectivity index (χ3v) is 5.44. The zero-order valence-corrected chi connectivity index (χ0v) is 19.5. The largest absolute Gasteiger partial charge is 0.381 e. The van der Waals surface area contributed by atoms with Crippen LogP contribution >= 0.6 is 35.6 Å². The van der Waals surface area contributed by atoms with Crippen molar-refractivity contribution in [3.63, 3.8) is 0 Å². The summed E-state index contributed by atoms with van der Waals surface area (Å²) < 4.78 is 7.77. The van der Waals surface area contributed by atoms with Crippen molar-refractivity contribution < 1.29 is 4.74 Å². The summed E-state index contributed by atoms with van der Waals surface area (Å²) in [6, 6.07) is 12.2. The zero-order valence-electron chi connectivity index (χ0n) is 16.4. The van der Waals surface area contributed by atoms with Gasteiger partial charge >= 0.3 is 0 Å². The van der Waals surface area contributed by atoms with Gasteiger partial charge in [-0.1, -0.05) is 29.8 Å². The highest BCUT2D eigenvalue weighted by Crippen LogP contribution is 2.38. The molecule has 28 heavy (non-hydrogen) atoms. The zero-order chi connectivity index (χ0) is 19.0. The topological polar surface area (TPSA) is 50.6 Å². The number of nitrogens with zero attached hydrogens (tertiary/aromatic N) is 2. The van der Waals surface area contributed by atoms with Crippen LogP contribution in [0.3, 0.4) is 0 Å². The molecule has 1 aliphatic heterocycles. The molecular weight excluding hydrogens is 487 g/mol. The van der Waals surface area contributed by atoms with E-state index in [0.29, 0.717) is 6.54 Å². The molecule has 154 valence electrons. The van der Waals surface area contributed by atoms with Crippen LogP contribution in [0.15, 0.2) is 53.8 Å². The summed E-state index contributed by atoms with van der Waals surface area (Å²) in [7, 11) is 0. The Hall–Kier alpha value is -1.25. The molecule has 0 unspecified atom stereocenters. The molecule has 1 saturated heterocycles. The van der Waals surface area contributed by atoms with Crippen LogP contribution in [0.25, 0.3) is 0 Å². The number of rotatable bonds is 7. The predicted octanol–water partition coefficient (Wildman–Crippen LogP) is 4.06. The Balaban J connectivity index is 0.00000280. The van der Waals surface area contributed by atoms with Crippen LogP contribution in [0.2, 0.25) is 5.02 Å². The number of aliphatic imine (C=N–C) groups is 1. The van der Waals surface area contributed by atoms with Gasteiger partial charge < -0.3 is 19.9 Å². The number of aromatic nitrogens is 1. The third kappa shape index (κ3) is 6.12. The molecule has 0 spiro atoms. The Morgan fingerprint density at radius 3 is 2.54 bits per heavy atom. The molecule has 0 aliphatic carbocycles. The molecule has 1 aromatic carbocycles. The van der Waals surface area contributed by atoms with E-state index >= 15 is 0 Å². The maximum Gasteiger partial charge on any atom is 0.191 e. The molecule has 0 bridgehead atoms. The molecule has 0 atom stereocenters. The number of ether oxygens (including phenoxy) is 1. The lowest BCUT2D eigenvalue weighted by Crippen LogP contribution is -2.42. The number of guanidine groups is 1. The number of nitrogens with one attached hydrogen (secondary N) is 2.